The highest BCUT2D eigenvalue weighted by Crippen LogP contribution is 2.43. The Hall–Kier alpha value is -2.76. The molecule has 0 atom stereocenters. The molecule has 0 aliphatic carbocycles. The van der Waals surface area contributed by atoms with Crippen LogP contribution in [0, 0.1) is 5.41 Å². The summed E-state index contributed by atoms with van der Waals surface area (Å²) in [6.45, 7) is 4.49. The Labute approximate surface area is 180 Å². The van der Waals surface area contributed by atoms with Crippen molar-refractivity contribution in [2.45, 2.75) is 6.42 Å². The monoisotopic (exact) mass is 429 g/mol. The predicted molar refractivity (Wildman–Crippen MR) is 120 cm³/mol. The largest absolute Gasteiger partial charge is 0.495 e. The molecule has 0 amide bonds. The van der Waals surface area contributed by atoms with Crippen LogP contribution in [0.25, 0.3) is 5.70 Å². The average molecular weight is 430 g/mol. The minimum Gasteiger partial charge on any atom is -0.495 e. The second kappa shape index (κ2) is 9.16. The van der Waals surface area contributed by atoms with Gasteiger partial charge in [-0.3, -0.25) is 10.4 Å². The first-order valence-corrected chi connectivity index (χ1v) is 9.67. The number of benzene rings is 2. The third-order valence-corrected chi connectivity index (χ3v) is 5.24. The molecule has 1 aliphatic heterocycles. The van der Waals surface area contributed by atoms with Crippen molar-refractivity contribution >= 4 is 40.4 Å². The Kier molecular flexibility index (Phi) is 6.62. The first-order valence-electron chi connectivity index (χ1n) is 8.92. The lowest BCUT2D eigenvalue weighted by Crippen LogP contribution is -2.34. The molecule has 150 valence electrons. The Morgan fingerprint density at radius 1 is 1.07 bits per heavy atom. The van der Waals surface area contributed by atoms with Crippen molar-refractivity contribution in [3.8, 4) is 11.5 Å². The third-order valence-electron chi connectivity index (χ3n) is 4.49. The van der Waals surface area contributed by atoms with E-state index in [0.29, 0.717) is 50.8 Å². The first kappa shape index (κ1) is 21.0. The van der Waals surface area contributed by atoms with Crippen LogP contribution < -0.4 is 14.8 Å². The van der Waals surface area contributed by atoms with Gasteiger partial charge >= 0.3 is 0 Å². The van der Waals surface area contributed by atoms with Crippen LogP contribution in [0.15, 0.2) is 59.6 Å². The van der Waals surface area contributed by atoms with Crippen molar-refractivity contribution < 1.29 is 9.47 Å². The van der Waals surface area contributed by atoms with Gasteiger partial charge < -0.3 is 14.8 Å². The molecule has 1 aliphatic rings. The topological polar surface area (TPSA) is 66.7 Å². The summed E-state index contributed by atoms with van der Waals surface area (Å²) in [5.41, 5.74) is 3.00. The van der Waals surface area contributed by atoms with E-state index in [1.807, 2.05) is 30.3 Å². The predicted octanol–water partition coefficient (Wildman–Crippen LogP) is 5.17. The molecule has 5 nitrogen and oxygen atoms in total. The molecule has 2 aromatic rings. The molecule has 0 unspecified atom stereocenters. The van der Waals surface area contributed by atoms with Gasteiger partial charge in [0.05, 0.1) is 30.0 Å². The number of nitrogens with one attached hydrogen (secondary N) is 2. The summed E-state index contributed by atoms with van der Waals surface area (Å²) in [6, 6.07) is 11.7. The van der Waals surface area contributed by atoms with Gasteiger partial charge in [0.2, 0.25) is 0 Å². The molecule has 0 spiro atoms. The van der Waals surface area contributed by atoms with E-state index >= 15 is 0 Å². The normalized spacial score (nSPS) is 15.2. The van der Waals surface area contributed by atoms with Gasteiger partial charge in [0.25, 0.3) is 0 Å². The first-order chi connectivity index (χ1) is 14.0. The van der Waals surface area contributed by atoms with Gasteiger partial charge in [-0.15, -0.1) is 0 Å². The molecule has 29 heavy (non-hydrogen) atoms. The van der Waals surface area contributed by atoms with E-state index in [2.05, 4.69) is 16.9 Å². The molecule has 1 heterocycles. The number of allylic oxidation sites excluding steroid dienone is 1. The van der Waals surface area contributed by atoms with Crippen LogP contribution in [0.2, 0.25) is 10.0 Å². The molecular formula is C22H21Cl2N3O2. The van der Waals surface area contributed by atoms with Crippen LogP contribution in [0.5, 0.6) is 11.5 Å². The lowest BCUT2D eigenvalue weighted by Gasteiger charge is -2.23. The minimum atomic E-state index is 0.226. The molecule has 3 rings (SSSR count). The number of halogens is 2. The highest BCUT2D eigenvalue weighted by molar-refractivity contribution is 6.50. The molecular weight excluding hydrogens is 409 g/mol. The van der Waals surface area contributed by atoms with Crippen molar-refractivity contribution in [2.24, 2.45) is 4.99 Å². The number of rotatable bonds is 6. The average Bonchev–Trinajstić information content (AvgIpc) is 2.72. The van der Waals surface area contributed by atoms with Crippen LogP contribution >= 0.6 is 23.2 Å². The van der Waals surface area contributed by atoms with Gasteiger partial charge in [-0.25, -0.2) is 0 Å². The van der Waals surface area contributed by atoms with E-state index in [1.54, 1.807) is 12.1 Å². The van der Waals surface area contributed by atoms with Crippen molar-refractivity contribution in [3.63, 3.8) is 0 Å². The zero-order chi connectivity index (χ0) is 21.0. The highest BCUT2D eigenvalue weighted by Gasteiger charge is 2.25. The zero-order valence-corrected chi connectivity index (χ0v) is 17.7. The van der Waals surface area contributed by atoms with Gasteiger partial charge in [0, 0.05) is 18.2 Å². The molecule has 7 heteroatoms. The molecule has 0 radical (unpaired) electrons. The Morgan fingerprint density at radius 3 is 2.28 bits per heavy atom. The van der Waals surface area contributed by atoms with Crippen LogP contribution in [-0.2, 0) is 6.42 Å². The number of methoxy groups -OCH3 is 2. The maximum Gasteiger partial charge on any atom is 0.151 e. The second-order valence-corrected chi connectivity index (χ2v) is 7.09. The summed E-state index contributed by atoms with van der Waals surface area (Å²) in [7, 11) is 3.04. The Balaban J connectivity index is 1.93. The lowest BCUT2D eigenvalue weighted by atomic mass is 10.0. The van der Waals surface area contributed by atoms with Gasteiger partial charge in [-0.2, -0.15) is 0 Å². The van der Waals surface area contributed by atoms with Crippen molar-refractivity contribution in [1.29, 1.82) is 5.41 Å². The number of hydrogen-bond donors (Lipinski definition) is 2. The molecule has 0 bridgehead atoms. The fraction of sp³-hybridized carbons (Fsp3) is 0.182. The summed E-state index contributed by atoms with van der Waals surface area (Å²) < 4.78 is 10.7. The van der Waals surface area contributed by atoms with Gasteiger partial charge in [0.1, 0.15) is 17.2 Å². The summed E-state index contributed by atoms with van der Waals surface area (Å²) in [4.78, 5) is 4.56. The quantitative estimate of drug-likeness (QED) is 0.665. The van der Waals surface area contributed by atoms with Crippen molar-refractivity contribution in [2.75, 3.05) is 20.8 Å². The highest BCUT2D eigenvalue weighted by atomic mass is 35.5. The van der Waals surface area contributed by atoms with Crippen LogP contribution in [-0.4, -0.2) is 32.3 Å². The SMILES string of the molecule is C=C1C=C(c2c(Cl)c(OC)cc(OC)c2Cl)NC(=NCCc2ccccc2)C1=N. The minimum absolute atomic E-state index is 0.226. The van der Waals surface area contributed by atoms with Gasteiger partial charge in [-0.1, -0.05) is 60.1 Å². The maximum atomic E-state index is 8.30. The molecule has 0 saturated carbocycles. The van der Waals surface area contributed by atoms with Crippen LogP contribution in [0.4, 0.5) is 0 Å². The molecule has 0 aromatic heterocycles. The van der Waals surface area contributed by atoms with Crippen molar-refractivity contribution in [3.05, 3.63) is 75.8 Å². The van der Waals surface area contributed by atoms with E-state index in [1.165, 1.54) is 19.8 Å². The summed E-state index contributed by atoms with van der Waals surface area (Å²) in [5.74, 6) is 1.27. The Bertz CT molecular complexity index is 986. The zero-order valence-electron chi connectivity index (χ0n) is 16.2. The van der Waals surface area contributed by atoms with E-state index < -0.39 is 0 Å². The van der Waals surface area contributed by atoms with E-state index in [4.69, 9.17) is 38.1 Å². The van der Waals surface area contributed by atoms with Gasteiger partial charge in [0.15, 0.2) is 5.84 Å². The summed E-state index contributed by atoms with van der Waals surface area (Å²) >= 11 is 13.0. The number of ether oxygens (including phenoxy) is 2. The molecule has 2 aromatic carbocycles. The molecule has 0 saturated heterocycles. The molecule has 0 fully saturated rings. The van der Waals surface area contributed by atoms with Crippen LogP contribution in [0.1, 0.15) is 11.1 Å². The van der Waals surface area contributed by atoms with E-state index in [-0.39, 0.29) is 5.71 Å². The number of aliphatic imine (C=N–C) groups is 1. The second-order valence-electron chi connectivity index (χ2n) is 6.33. The smallest absolute Gasteiger partial charge is 0.151 e. The number of amidine groups is 1. The third kappa shape index (κ3) is 4.47. The van der Waals surface area contributed by atoms with Gasteiger partial charge in [-0.05, 0) is 23.6 Å². The lowest BCUT2D eigenvalue weighted by molar-refractivity contribution is 0.394. The van der Waals surface area contributed by atoms with E-state index in [0.717, 1.165) is 6.42 Å². The maximum absolute atomic E-state index is 8.30. The summed E-state index contributed by atoms with van der Waals surface area (Å²) in [6.07, 6.45) is 2.48. The standard InChI is InChI=1S/C22H21Cl2N3O2/c1-13-11-15(18-19(23)16(28-2)12-17(29-3)20(18)24)27-22(21(13)25)26-10-9-14-7-5-4-6-8-14/h4-8,11-12,25H,1,9-10H2,2-3H3,(H,26,27). The number of nitrogens with zero attached hydrogens (tertiary/aromatic N) is 1. The van der Waals surface area contributed by atoms with E-state index in [9.17, 15) is 0 Å². The van der Waals surface area contributed by atoms with Crippen LogP contribution in [0.3, 0.4) is 0 Å². The Morgan fingerprint density at radius 2 is 1.69 bits per heavy atom. The fourth-order valence-corrected chi connectivity index (χ4v) is 3.65. The van der Waals surface area contributed by atoms with Crippen molar-refractivity contribution in [1.82, 2.24) is 5.32 Å². The number of hydrogen-bond acceptors (Lipinski definition) is 4. The summed E-state index contributed by atoms with van der Waals surface area (Å²) in [5, 5.41) is 12.1. The molecule has 2 N–H and O–H groups in total. The fourth-order valence-electron chi connectivity index (χ4n) is 2.94.